The average molecular weight is 555 g/mol. The molecule has 0 aromatic carbocycles. The Hall–Kier alpha value is -3.37. The van der Waals surface area contributed by atoms with Gasteiger partial charge < -0.3 is 26.2 Å². The first-order chi connectivity index (χ1) is 18.0. The Kier molecular flexibility index (Phi) is 7.10. The van der Waals surface area contributed by atoms with E-state index in [1.54, 1.807) is 5.32 Å². The van der Waals surface area contributed by atoms with Crippen LogP contribution in [-0.2, 0) is 24.0 Å². The van der Waals surface area contributed by atoms with E-state index in [4.69, 9.17) is 0 Å². The Balaban J connectivity index is 1.74. The van der Waals surface area contributed by atoms with E-state index >= 15 is 0 Å². The van der Waals surface area contributed by atoms with Gasteiger partial charge in [0.05, 0.1) is 6.07 Å². The summed E-state index contributed by atoms with van der Waals surface area (Å²) in [6.45, 7) is 6.57. The molecule has 0 aromatic heterocycles. The van der Waals surface area contributed by atoms with E-state index in [0.29, 0.717) is 6.42 Å². The van der Waals surface area contributed by atoms with Gasteiger partial charge in [-0.2, -0.15) is 18.4 Å². The van der Waals surface area contributed by atoms with E-state index in [1.165, 1.54) is 18.7 Å². The van der Waals surface area contributed by atoms with Crippen LogP contribution in [0.2, 0.25) is 0 Å². The molecule has 3 saturated heterocycles. The van der Waals surface area contributed by atoms with Crippen LogP contribution in [0.15, 0.2) is 0 Å². The topological polar surface area (TPSA) is 160 Å². The molecule has 3 aliphatic heterocycles. The predicted molar refractivity (Wildman–Crippen MR) is 128 cm³/mol. The number of alkyl halides is 3. The molecule has 4 rings (SSSR count). The van der Waals surface area contributed by atoms with Crippen LogP contribution in [0.5, 0.6) is 0 Å². The molecule has 4 aliphatic rings. The Morgan fingerprint density at radius 1 is 1.03 bits per heavy atom. The zero-order chi connectivity index (χ0) is 29.1. The summed E-state index contributed by atoms with van der Waals surface area (Å²) in [5.74, 6) is -6.05. The first-order valence-corrected chi connectivity index (χ1v) is 12.9. The summed E-state index contributed by atoms with van der Waals surface area (Å²) in [5, 5.41) is 19.3. The summed E-state index contributed by atoms with van der Waals surface area (Å²) >= 11 is 0. The lowest BCUT2D eigenvalue weighted by atomic mass is 9.55. The molecule has 2 bridgehead atoms. The molecule has 39 heavy (non-hydrogen) atoms. The van der Waals surface area contributed by atoms with Crippen molar-refractivity contribution in [3.63, 3.8) is 0 Å². The molecule has 1 aliphatic carbocycles. The fourth-order valence-electron chi connectivity index (χ4n) is 6.47. The Labute approximate surface area is 223 Å². The zero-order valence-electron chi connectivity index (χ0n) is 22.1. The van der Waals surface area contributed by atoms with Crippen molar-refractivity contribution in [3.8, 4) is 6.07 Å². The number of rotatable bonds is 1. The number of halogens is 3. The highest BCUT2D eigenvalue weighted by Crippen LogP contribution is 2.57. The van der Waals surface area contributed by atoms with Crippen LogP contribution < -0.4 is 21.3 Å². The van der Waals surface area contributed by atoms with E-state index in [2.05, 4.69) is 16.0 Å². The molecule has 11 nitrogen and oxygen atoms in total. The van der Waals surface area contributed by atoms with Gasteiger partial charge in [0.1, 0.15) is 24.2 Å². The van der Waals surface area contributed by atoms with Crippen molar-refractivity contribution < 1.29 is 37.1 Å². The Morgan fingerprint density at radius 2 is 1.69 bits per heavy atom. The number of carbonyl (C=O) groups excluding carboxylic acids is 5. The van der Waals surface area contributed by atoms with E-state index < -0.39 is 71.2 Å². The van der Waals surface area contributed by atoms with E-state index in [9.17, 15) is 42.4 Å². The average Bonchev–Trinajstić information content (AvgIpc) is 3.36. The molecule has 14 heteroatoms. The molecule has 3 heterocycles. The summed E-state index contributed by atoms with van der Waals surface area (Å²) in [7, 11) is 0. The van der Waals surface area contributed by atoms with E-state index in [-0.39, 0.29) is 43.2 Å². The number of hydrogen-bond acceptors (Lipinski definition) is 6. The summed E-state index contributed by atoms with van der Waals surface area (Å²) in [6.07, 6.45) is -4.69. The molecule has 5 amide bonds. The Bertz CT molecular complexity index is 1130. The molecule has 0 aromatic rings. The smallest absolute Gasteiger partial charge is 0.354 e. The van der Waals surface area contributed by atoms with Crippen LogP contribution in [0.4, 0.5) is 13.2 Å². The minimum absolute atomic E-state index is 0.0478. The van der Waals surface area contributed by atoms with Crippen LogP contribution in [0.25, 0.3) is 0 Å². The SMILES string of the molecule is CC1(C)CNC(=O)[C@@H]2C[C@H](C[C@@H](C#N)NC(=O)[C@@H]3[C@H]4CC(C)(C)[C@H]4CN3C(=O)[C@H]1NC(=O)C(F)(F)F)C(=O)N2. The number of nitriles is 1. The van der Waals surface area contributed by atoms with Crippen LogP contribution in [-0.4, -0.2) is 77.9 Å². The molecule has 4 fully saturated rings. The van der Waals surface area contributed by atoms with E-state index in [0.717, 1.165) is 0 Å². The van der Waals surface area contributed by atoms with Gasteiger partial charge in [-0.1, -0.05) is 27.7 Å². The van der Waals surface area contributed by atoms with Gasteiger partial charge in [0.25, 0.3) is 0 Å². The third-order valence-corrected chi connectivity index (χ3v) is 8.76. The number of amides is 5. The summed E-state index contributed by atoms with van der Waals surface area (Å²) in [4.78, 5) is 66.1. The van der Waals surface area contributed by atoms with Crippen LogP contribution >= 0.6 is 0 Å². The van der Waals surface area contributed by atoms with Gasteiger partial charge in [0.15, 0.2) is 0 Å². The van der Waals surface area contributed by atoms with Crippen LogP contribution in [0.1, 0.15) is 47.0 Å². The van der Waals surface area contributed by atoms with Crippen molar-refractivity contribution in [3.05, 3.63) is 0 Å². The van der Waals surface area contributed by atoms with Crippen molar-refractivity contribution >= 4 is 29.5 Å². The molecular weight excluding hydrogens is 521 g/mol. The zero-order valence-corrected chi connectivity index (χ0v) is 22.1. The number of nitrogens with one attached hydrogen (secondary N) is 4. The fraction of sp³-hybridized carbons (Fsp3) is 0.760. The lowest BCUT2D eigenvalue weighted by Crippen LogP contribution is -2.62. The van der Waals surface area contributed by atoms with Crippen molar-refractivity contribution in [1.82, 2.24) is 26.2 Å². The van der Waals surface area contributed by atoms with Gasteiger partial charge in [0.2, 0.25) is 23.6 Å². The molecule has 0 unspecified atom stereocenters. The number of nitrogens with zero attached hydrogens (tertiary/aromatic N) is 2. The fourth-order valence-corrected chi connectivity index (χ4v) is 6.47. The van der Waals surface area contributed by atoms with Gasteiger partial charge in [-0.05, 0) is 36.5 Å². The van der Waals surface area contributed by atoms with Crippen LogP contribution in [0.3, 0.4) is 0 Å². The van der Waals surface area contributed by atoms with Crippen LogP contribution in [0, 0.1) is 39.9 Å². The first kappa shape index (κ1) is 28.6. The maximum absolute atomic E-state index is 14.0. The highest BCUT2D eigenvalue weighted by molar-refractivity contribution is 5.95. The molecule has 1 saturated carbocycles. The third kappa shape index (κ3) is 5.27. The van der Waals surface area contributed by atoms with Crippen molar-refractivity contribution in [2.75, 3.05) is 13.1 Å². The van der Waals surface area contributed by atoms with Gasteiger partial charge in [-0.3, -0.25) is 24.0 Å². The normalized spacial score (nSPS) is 36.1. The third-order valence-electron chi connectivity index (χ3n) is 8.76. The molecule has 7 atom stereocenters. The second-order valence-corrected chi connectivity index (χ2v) is 12.4. The molecule has 0 spiro atoms. The minimum atomic E-state index is -5.28. The quantitative estimate of drug-likeness (QED) is 0.356. The Morgan fingerprint density at radius 3 is 2.28 bits per heavy atom. The second-order valence-electron chi connectivity index (χ2n) is 12.4. The minimum Gasteiger partial charge on any atom is -0.354 e. The van der Waals surface area contributed by atoms with Crippen molar-refractivity contribution in [1.29, 1.82) is 5.26 Å². The number of hydrogen-bond donors (Lipinski definition) is 4. The predicted octanol–water partition coefficient (Wildman–Crippen LogP) is -0.0342. The largest absolute Gasteiger partial charge is 0.471 e. The molecule has 214 valence electrons. The van der Waals surface area contributed by atoms with Crippen molar-refractivity contribution in [2.24, 2.45) is 28.6 Å². The molecular formula is C25H33F3N6O5. The number of fused-ring (bicyclic) bond motifs is 5. The number of carbonyl (C=O) groups is 5. The monoisotopic (exact) mass is 554 g/mol. The lowest BCUT2D eigenvalue weighted by Gasteiger charge is -2.48. The lowest BCUT2D eigenvalue weighted by molar-refractivity contribution is -0.176. The summed E-state index contributed by atoms with van der Waals surface area (Å²) in [6, 6.07) is -2.91. The van der Waals surface area contributed by atoms with Gasteiger partial charge >= 0.3 is 12.1 Å². The summed E-state index contributed by atoms with van der Waals surface area (Å²) in [5.41, 5.74) is -1.66. The highest BCUT2D eigenvalue weighted by Gasteiger charge is 2.61. The molecule has 4 N–H and O–H groups in total. The standard InChI is InChI=1S/C25H33F3N6O5/c1-23(2)7-13-14(23)9-34-16(13)20(37)31-12(8-29)5-11-6-15(32-18(11)35)19(36)30-10-24(3,4)17(21(34)38)33-22(39)25(26,27)28/h11-17H,5-7,9-10H2,1-4H3,(H,30,36)(H,31,37)(H,32,35)(H,33,39)/t11-,12-,13-,14-,15-,16-,17+/m0/s1. The maximum atomic E-state index is 14.0. The van der Waals surface area contributed by atoms with Gasteiger partial charge in [-0.25, -0.2) is 0 Å². The first-order valence-electron chi connectivity index (χ1n) is 12.9. The van der Waals surface area contributed by atoms with Gasteiger partial charge in [-0.15, -0.1) is 0 Å². The molecule has 0 radical (unpaired) electrons. The van der Waals surface area contributed by atoms with Gasteiger partial charge in [0, 0.05) is 24.4 Å². The maximum Gasteiger partial charge on any atom is 0.471 e. The van der Waals surface area contributed by atoms with E-state index in [1.807, 2.05) is 19.9 Å². The summed E-state index contributed by atoms with van der Waals surface area (Å²) < 4.78 is 39.8. The van der Waals surface area contributed by atoms with Crippen molar-refractivity contribution in [2.45, 2.75) is 77.3 Å². The highest BCUT2D eigenvalue weighted by atomic mass is 19.4. The second kappa shape index (κ2) is 9.67.